The van der Waals surface area contributed by atoms with Crippen molar-refractivity contribution in [1.29, 1.82) is 0 Å². The summed E-state index contributed by atoms with van der Waals surface area (Å²) in [5.41, 5.74) is 3.53. The number of carbonyl (C=O) groups is 4. The highest BCUT2D eigenvalue weighted by molar-refractivity contribution is 6.35. The Bertz CT molecular complexity index is 1490. The molecule has 1 heterocycles. The zero-order valence-corrected chi connectivity index (χ0v) is 19.6. The second-order valence-electron chi connectivity index (χ2n) is 8.83. The third-order valence-electron chi connectivity index (χ3n) is 6.19. The molecule has 5 rings (SSSR count). The summed E-state index contributed by atoms with van der Waals surface area (Å²) in [5, 5.41) is 9.59. The first-order valence-electron chi connectivity index (χ1n) is 11.3. The van der Waals surface area contributed by atoms with E-state index in [9.17, 15) is 24.3 Å². The zero-order chi connectivity index (χ0) is 25.6. The average molecular weight is 476 g/mol. The molecule has 0 saturated heterocycles. The smallest absolute Gasteiger partial charge is 0.266 e. The maximum atomic E-state index is 13.4. The van der Waals surface area contributed by atoms with Crippen LogP contribution in [-0.4, -0.2) is 28.5 Å². The minimum absolute atomic E-state index is 0.0110. The first-order valence-corrected chi connectivity index (χ1v) is 11.3. The fraction of sp³-hybridized carbons (Fsp3) is 0.0667. The Hall–Kier alpha value is -4.84. The molecule has 6 nitrogen and oxygen atoms in total. The van der Waals surface area contributed by atoms with Crippen molar-refractivity contribution in [3.05, 3.63) is 129 Å². The zero-order valence-electron chi connectivity index (χ0n) is 19.6. The van der Waals surface area contributed by atoms with E-state index >= 15 is 0 Å². The molecule has 0 aromatic heterocycles. The second-order valence-corrected chi connectivity index (χ2v) is 8.83. The summed E-state index contributed by atoms with van der Waals surface area (Å²) in [4.78, 5) is 54.2. The number of amides is 2. The van der Waals surface area contributed by atoms with Gasteiger partial charge in [0.15, 0.2) is 11.6 Å². The molecule has 0 radical (unpaired) electrons. The van der Waals surface area contributed by atoms with E-state index in [4.69, 9.17) is 0 Å². The van der Waals surface area contributed by atoms with Crippen LogP contribution in [0.25, 0.3) is 0 Å². The van der Waals surface area contributed by atoms with Gasteiger partial charge in [0.1, 0.15) is 5.75 Å². The van der Waals surface area contributed by atoms with E-state index in [1.165, 1.54) is 42.5 Å². The van der Waals surface area contributed by atoms with Crippen molar-refractivity contribution in [2.24, 2.45) is 0 Å². The van der Waals surface area contributed by atoms with Gasteiger partial charge >= 0.3 is 0 Å². The van der Waals surface area contributed by atoms with Gasteiger partial charge in [-0.25, -0.2) is 4.90 Å². The number of aryl methyl sites for hydroxylation is 2. The summed E-state index contributed by atoms with van der Waals surface area (Å²) < 4.78 is 0. The molecule has 0 unspecified atom stereocenters. The number of nitrogens with zero attached hydrogens (tertiary/aromatic N) is 1. The second kappa shape index (κ2) is 8.74. The van der Waals surface area contributed by atoms with Gasteiger partial charge in [-0.2, -0.15) is 0 Å². The van der Waals surface area contributed by atoms with E-state index < -0.39 is 17.6 Å². The summed E-state index contributed by atoms with van der Waals surface area (Å²) >= 11 is 0. The normalized spacial score (nSPS) is 12.6. The average Bonchev–Trinajstić information content (AvgIpc) is 3.12. The van der Waals surface area contributed by atoms with E-state index in [0.717, 1.165) is 16.0 Å². The monoisotopic (exact) mass is 475 g/mol. The van der Waals surface area contributed by atoms with Crippen LogP contribution in [0.4, 0.5) is 5.69 Å². The first kappa shape index (κ1) is 22.9. The third kappa shape index (κ3) is 3.99. The molecule has 0 spiro atoms. The van der Waals surface area contributed by atoms with Crippen LogP contribution in [0.2, 0.25) is 0 Å². The van der Waals surface area contributed by atoms with E-state index in [0.29, 0.717) is 5.56 Å². The molecule has 6 heteroatoms. The van der Waals surface area contributed by atoms with Crippen LogP contribution in [0.15, 0.2) is 84.9 Å². The molecule has 1 aliphatic rings. The van der Waals surface area contributed by atoms with Crippen LogP contribution in [0.5, 0.6) is 5.75 Å². The van der Waals surface area contributed by atoms with Crippen LogP contribution in [0.1, 0.15) is 63.7 Å². The fourth-order valence-electron chi connectivity index (χ4n) is 4.24. The van der Waals surface area contributed by atoms with Crippen LogP contribution in [0, 0.1) is 13.8 Å². The Morgan fingerprint density at radius 2 is 1.08 bits per heavy atom. The van der Waals surface area contributed by atoms with Gasteiger partial charge < -0.3 is 5.11 Å². The maximum absolute atomic E-state index is 13.4. The Morgan fingerprint density at radius 1 is 0.583 bits per heavy atom. The number of fused-ring (bicyclic) bond motifs is 1. The number of rotatable bonds is 5. The van der Waals surface area contributed by atoms with Crippen LogP contribution >= 0.6 is 0 Å². The SMILES string of the molecule is Cc1ccc(C(=O)c2cc(C(=O)c3ccc(O)cc3)cc(N3C(=O)c4ccc(C)cc4C3=O)c2)cc1. The lowest BCUT2D eigenvalue weighted by Crippen LogP contribution is -2.30. The molecular weight excluding hydrogens is 454 g/mol. The third-order valence-corrected chi connectivity index (χ3v) is 6.19. The van der Waals surface area contributed by atoms with Crippen molar-refractivity contribution in [3.8, 4) is 5.75 Å². The van der Waals surface area contributed by atoms with Gasteiger partial charge in [-0.1, -0.05) is 41.5 Å². The predicted octanol–water partition coefficient (Wildman–Crippen LogP) is 5.27. The molecule has 0 saturated carbocycles. The molecule has 36 heavy (non-hydrogen) atoms. The molecule has 1 N–H and O–H groups in total. The summed E-state index contributed by atoms with van der Waals surface area (Å²) in [6.45, 7) is 3.74. The molecule has 2 amide bonds. The number of anilines is 1. The number of hydrogen-bond acceptors (Lipinski definition) is 5. The molecule has 0 aliphatic carbocycles. The van der Waals surface area contributed by atoms with Crippen molar-refractivity contribution in [2.75, 3.05) is 4.90 Å². The molecule has 176 valence electrons. The summed E-state index contributed by atoms with van der Waals surface area (Å²) in [5.74, 6) is -1.78. The summed E-state index contributed by atoms with van der Waals surface area (Å²) in [7, 11) is 0. The van der Waals surface area contributed by atoms with Gasteiger partial charge in [0.05, 0.1) is 16.8 Å². The van der Waals surface area contributed by atoms with Gasteiger partial charge in [-0.05, 0) is 68.4 Å². The number of carbonyl (C=O) groups excluding carboxylic acids is 4. The van der Waals surface area contributed by atoms with Gasteiger partial charge in [-0.3, -0.25) is 19.2 Å². The van der Waals surface area contributed by atoms with Crippen molar-refractivity contribution < 1.29 is 24.3 Å². The van der Waals surface area contributed by atoms with Crippen molar-refractivity contribution in [1.82, 2.24) is 0 Å². The van der Waals surface area contributed by atoms with Gasteiger partial charge in [0.2, 0.25) is 0 Å². The van der Waals surface area contributed by atoms with Crippen molar-refractivity contribution >= 4 is 29.1 Å². The molecule has 0 bridgehead atoms. The van der Waals surface area contributed by atoms with Crippen molar-refractivity contribution in [3.63, 3.8) is 0 Å². The lowest BCUT2D eigenvalue weighted by molar-refractivity contribution is 0.0922. The van der Waals surface area contributed by atoms with E-state index in [1.807, 2.05) is 26.0 Å². The number of ketones is 2. The number of phenols is 1. The number of benzene rings is 4. The van der Waals surface area contributed by atoms with E-state index in [1.54, 1.807) is 30.3 Å². The highest BCUT2D eigenvalue weighted by Gasteiger charge is 2.37. The summed E-state index contributed by atoms with van der Waals surface area (Å²) in [6, 6.07) is 22.1. The van der Waals surface area contributed by atoms with Crippen LogP contribution in [-0.2, 0) is 0 Å². The molecule has 0 fully saturated rings. The Kier molecular flexibility index (Phi) is 5.57. The fourth-order valence-corrected chi connectivity index (χ4v) is 4.24. The highest BCUT2D eigenvalue weighted by atomic mass is 16.3. The largest absolute Gasteiger partial charge is 0.508 e. The maximum Gasteiger partial charge on any atom is 0.266 e. The predicted molar refractivity (Wildman–Crippen MR) is 135 cm³/mol. The van der Waals surface area contributed by atoms with Crippen molar-refractivity contribution in [2.45, 2.75) is 13.8 Å². The lowest BCUT2D eigenvalue weighted by Gasteiger charge is -2.17. The van der Waals surface area contributed by atoms with E-state index in [2.05, 4.69) is 0 Å². The standard InChI is InChI=1S/C30H21NO5/c1-17-3-6-19(7-4-17)27(33)21-14-22(28(34)20-8-10-24(32)11-9-20)16-23(15-21)31-29(35)25-12-5-18(2)13-26(25)30(31)36/h3-16,32H,1-2H3. The molecule has 4 aromatic rings. The van der Waals surface area contributed by atoms with Crippen LogP contribution in [0.3, 0.4) is 0 Å². The molecular formula is C30H21NO5. The number of phenolic OH excluding ortho intramolecular Hbond substituents is 1. The van der Waals surface area contributed by atoms with Gasteiger partial charge in [0, 0.05) is 22.3 Å². The lowest BCUT2D eigenvalue weighted by atomic mass is 9.96. The topological polar surface area (TPSA) is 91.8 Å². The van der Waals surface area contributed by atoms with E-state index in [-0.39, 0.29) is 45.0 Å². The quantitative estimate of drug-likeness (QED) is 0.314. The van der Waals surface area contributed by atoms with Gasteiger partial charge in [-0.15, -0.1) is 0 Å². The Balaban J connectivity index is 1.64. The minimum Gasteiger partial charge on any atom is -0.508 e. The number of aromatic hydroxyl groups is 1. The number of imide groups is 1. The first-order chi connectivity index (χ1) is 17.2. The van der Waals surface area contributed by atoms with Gasteiger partial charge in [0.25, 0.3) is 11.8 Å². The Labute approximate surface area is 207 Å². The molecule has 0 atom stereocenters. The minimum atomic E-state index is -0.516. The molecule has 4 aromatic carbocycles. The van der Waals surface area contributed by atoms with Crippen LogP contribution < -0.4 is 4.90 Å². The molecule has 1 aliphatic heterocycles. The summed E-state index contributed by atoms with van der Waals surface area (Å²) in [6.07, 6.45) is 0. The number of hydrogen-bond donors (Lipinski definition) is 1. The highest BCUT2D eigenvalue weighted by Crippen LogP contribution is 2.32. The Morgan fingerprint density at radius 3 is 1.67 bits per heavy atom.